The first-order valence-corrected chi connectivity index (χ1v) is 6.35. The molecule has 4 nitrogen and oxygen atoms in total. The molecule has 17 heavy (non-hydrogen) atoms. The monoisotopic (exact) mass is 250 g/mol. The molecule has 1 atom stereocenters. The van der Waals surface area contributed by atoms with Crippen LogP contribution in [0.5, 0.6) is 0 Å². The standard InChI is InChI=1S/C12H15ClN4/c1-6-7(2)11-14-15-12(8(3)9-4-5-9)17(11)16-10(6)13/h8-9H,4-5H2,1-3H3. The third-order valence-corrected chi connectivity index (χ3v) is 4.16. The fourth-order valence-electron chi connectivity index (χ4n) is 2.20. The van der Waals surface area contributed by atoms with E-state index < -0.39 is 0 Å². The zero-order valence-corrected chi connectivity index (χ0v) is 11.0. The summed E-state index contributed by atoms with van der Waals surface area (Å²) in [4.78, 5) is 0. The number of aromatic nitrogens is 4. The van der Waals surface area contributed by atoms with Crippen molar-refractivity contribution in [1.82, 2.24) is 19.8 Å². The number of hydrogen-bond donors (Lipinski definition) is 0. The van der Waals surface area contributed by atoms with Crippen LogP contribution in [0.2, 0.25) is 5.15 Å². The Hall–Kier alpha value is -1.16. The average molecular weight is 251 g/mol. The van der Waals surface area contributed by atoms with E-state index in [-0.39, 0.29) is 0 Å². The topological polar surface area (TPSA) is 43.1 Å². The summed E-state index contributed by atoms with van der Waals surface area (Å²) in [6.45, 7) is 6.17. The van der Waals surface area contributed by atoms with Crippen LogP contribution in [0.1, 0.15) is 42.6 Å². The van der Waals surface area contributed by atoms with E-state index in [4.69, 9.17) is 11.6 Å². The molecule has 1 aliphatic carbocycles. The van der Waals surface area contributed by atoms with Crippen molar-refractivity contribution in [2.24, 2.45) is 5.92 Å². The minimum absolute atomic E-state index is 0.413. The molecule has 90 valence electrons. The molecule has 3 rings (SSSR count). The van der Waals surface area contributed by atoms with Crippen LogP contribution in [0.3, 0.4) is 0 Å². The molecule has 0 radical (unpaired) electrons. The summed E-state index contributed by atoms with van der Waals surface area (Å²) in [6, 6.07) is 0. The van der Waals surface area contributed by atoms with Gasteiger partial charge in [-0.3, -0.25) is 0 Å². The maximum absolute atomic E-state index is 6.13. The van der Waals surface area contributed by atoms with Crippen LogP contribution in [0, 0.1) is 19.8 Å². The minimum atomic E-state index is 0.413. The van der Waals surface area contributed by atoms with Gasteiger partial charge in [-0.2, -0.15) is 9.61 Å². The van der Waals surface area contributed by atoms with E-state index in [0.717, 1.165) is 28.5 Å². The van der Waals surface area contributed by atoms with Crippen molar-refractivity contribution in [3.63, 3.8) is 0 Å². The third-order valence-electron chi connectivity index (χ3n) is 3.80. The Morgan fingerprint density at radius 1 is 1.24 bits per heavy atom. The lowest BCUT2D eigenvalue weighted by atomic mass is 10.1. The zero-order valence-electron chi connectivity index (χ0n) is 10.2. The van der Waals surface area contributed by atoms with E-state index >= 15 is 0 Å². The third kappa shape index (κ3) is 1.62. The predicted octanol–water partition coefficient (Wildman–Crippen LogP) is 2.91. The Bertz CT molecular complexity index is 586. The number of rotatable bonds is 2. The lowest BCUT2D eigenvalue weighted by Crippen LogP contribution is -2.06. The van der Waals surface area contributed by atoms with Crippen molar-refractivity contribution in [1.29, 1.82) is 0 Å². The van der Waals surface area contributed by atoms with Gasteiger partial charge in [-0.1, -0.05) is 18.5 Å². The van der Waals surface area contributed by atoms with Gasteiger partial charge < -0.3 is 0 Å². The second-order valence-electron chi connectivity index (χ2n) is 4.96. The van der Waals surface area contributed by atoms with Gasteiger partial charge in [0, 0.05) is 11.5 Å². The van der Waals surface area contributed by atoms with Crippen LogP contribution >= 0.6 is 11.6 Å². The maximum atomic E-state index is 6.13. The van der Waals surface area contributed by atoms with Gasteiger partial charge in [-0.05, 0) is 38.2 Å². The molecule has 1 fully saturated rings. The summed E-state index contributed by atoms with van der Waals surface area (Å²) in [6.07, 6.45) is 2.57. The Balaban J connectivity index is 2.21. The van der Waals surface area contributed by atoms with Crippen LogP contribution in [0.15, 0.2) is 0 Å². The summed E-state index contributed by atoms with van der Waals surface area (Å²) < 4.78 is 1.81. The minimum Gasteiger partial charge on any atom is -0.195 e. The number of aryl methyl sites for hydroxylation is 1. The first-order valence-electron chi connectivity index (χ1n) is 5.97. The first kappa shape index (κ1) is 11.0. The summed E-state index contributed by atoms with van der Waals surface area (Å²) in [7, 11) is 0. The van der Waals surface area contributed by atoms with Crippen LogP contribution in [0.4, 0.5) is 0 Å². The van der Waals surface area contributed by atoms with Gasteiger partial charge in [-0.25, -0.2) is 0 Å². The average Bonchev–Trinajstić information content (AvgIpc) is 3.07. The molecule has 2 aromatic rings. The second-order valence-corrected chi connectivity index (χ2v) is 5.32. The number of hydrogen-bond acceptors (Lipinski definition) is 3. The highest BCUT2D eigenvalue weighted by Gasteiger charge is 2.32. The summed E-state index contributed by atoms with van der Waals surface area (Å²) >= 11 is 6.13. The smallest absolute Gasteiger partial charge is 0.181 e. The van der Waals surface area contributed by atoms with Gasteiger partial charge >= 0.3 is 0 Å². The zero-order chi connectivity index (χ0) is 12.2. The summed E-state index contributed by atoms with van der Waals surface area (Å²) in [5.74, 6) is 2.09. The lowest BCUT2D eigenvalue weighted by molar-refractivity contribution is 0.598. The van der Waals surface area contributed by atoms with Crippen molar-refractivity contribution in [3.8, 4) is 0 Å². The lowest BCUT2D eigenvalue weighted by Gasteiger charge is -2.09. The van der Waals surface area contributed by atoms with Crippen molar-refractivity contribution < 1.29 is 0 Å². The highest BCUT2D eigenvalue weighted by molar-refractivity contribution is 6.30. The molecule has 2 heterocycles. The summed E-state index contributed by atoms with van der Waals surface area (Å²) in [5.41, 5.74) is 2.87. The normalized spacial score (nSPS) is 17.6. The quantitative estimate of drug-likeness (QED) is 0.823. The molecule has 1 aliphatic rings. The Morgan fingerprint density at radius 2 is 1.94 bits per heavy atom. The molecule has 1 saturated carbocycles. The molecular weight excluding hydrogens is 236 g/mol. The van der Waals surface area contributed by atoms with E-state index in [1.807, 2.05) is 18.4 Å². The Labute approximate surface area is 105 Å². The van der Waals surface area contributed by atoms with Crippen LogP contribution in [-0.4, -0.2) is 19.8 Å². The van der Waals surface area contributed by atoms with Gasteiger partial charge in [-0.15, -0.1) is 10.2 Å². The molecule has 0 saturated heterocycles. The highest BCUT2D eigenvalue weighted by atomic mass is 35.5. The Morgan fingerprint density at radius 3 is 2.59 bits per heavy atom. The van der Waals surface area contributed by atoms with Crippen molar-refractivity contribution in [2.45, 2.75) is 39.5 Å². The maximum Gasteiger partial charge on any atom is 0.181 e. The molecule has 0 bridgehead atoms. The molecule has 0 spiro atoms. The van der Waals surface area contributed by atoms with Gasteiger partial charge in [0.05, 0.1) is 0 Å². The van der Waals surface area contributed by atoms with Gasteiger partial charge in [0.15, 0.2) is 16.6 Å². The first-order chi connectivity index (χ1) is 8.09. The number of nitrogens with zero attached hydrogens (tertiary/aromatic N) is 4. The molecule has 1 unspecified atom stereocenters. The van der Waals surface area contributed by atoms with Crippen LogP contribution in [-0.2, 0) is 0 Å². The van der Waals surface area contributed by atoms with Crippen LogP contribution in [0.25, 0.3) is 5.65 Å². The fraction of sp³-hybridized carbons (Fsp3) is 0.583. The molecule has 0 amide bonds. The van der Waals surface area contributed by atoms with Crippen molar-refractivity contribution in [2.75, 3.05) is 0 Å². The second kappa shape index (κ2) is 3.67. The van der Waals surface area contributed by atoms with Crippen molar-refractivity contribution in [3.05, 3.63) is 22.1 Å². The molecule has 5 heteroatoms. The van der Waals surface area contributed by atoms with Gasteiger partial charge in [0.1, 0.15) is 0 Å². The van der Waals surface area contributed by atoms with Crippen LogP contribution < -0.4 is 0 Å². The van der Waals surface area contributed by atoms with E-state index in [0.29, 0.717) is 11.1 Å². The fourth-order valence-corrected chi connectivity index (χ4v) is 2.42. The molecule has 2 aromatic heterocycles. The largest absolute Gasteiger partial charge is 0.195 e. The molecule has 0 aliphatic heterocycles. The molecular formula is C12H15ClN4. The van der Waals surface area contributed by atoms with E-state index in [9.17, 15) is 0 Å². The van der Waals surface area contributed by atoms with Crippen molar-refractivity contribution >= 4 is 17.2 Å². The number of halogens is 1. The summed E-state index contributed by atoms with van der Waals surface area (Å²) in [5, 5.41) is 13.5. The van der Waals surface area contributed by atoms with E-state index in [2.05, 4.69) is 22.2 Å². The van der Waals surface area contributed by atoms with Gasteiger partial charge in [0.2, 0.25) is 0 Å². The van der Waals surface area contributed by atoms with E-state index in [1.54, 1.807) is 0 Å². The number of fused-ring (bicyclic) bond motifs is 1. The van der Waals surface area contributed by atoms with E-state index in [1.165, 1.54) is 12.8 Å². The molecule has 0 N–H and O–H groups in total. The van der Waals surface area contributed by atoms with Gasteiger partial charge in [0.25, 0.3) is 0 Å². The SMILES string of the molecule is Cc1c(Cl)nn2c(C(C)C3CC3)nnc2c1C. The molecule has 0 aromatic carbocycles. The Kier molecular flexibility index (Phi) is 2.36. The predicted molar refractivity (Wildman–Crippen MR) is 66.4 cm³/mol. The highest BCUT2D eigenvalue weighted by Crippen LogP contribution is 2.41.